The summed E-state index contributed by atoms with van der Waals surface area (Å²) in [6.45, 7) is 2.56. The summed E-state index contributed by atoms with van der Waals surface area (Å²) >= 11 is 0. The second kappa shape index (κ2) is 8.60. The van der Waals surface area contributed by atoms with Crippen LogP contribution in [-0.4, -0.2) is 12.5 Å². The molecule has 0 saturated heterocycles. The standard InChI is InChI=1S/C28H24N2O2/c1-2-32-24-18-16-23(17-19-24)30-27(29-26-11-7-6-10-25(26)28(30)31)22-14-12-21(13-15-22)20-8-4-3-5-9-20/h3-19,27,29H,2H2,1H3/t27-/m1/s1. The van der Waals surface area contributed by atoms with Crippen molar-refractivity contribution in [3.8, 4) is 16.9 Å². The van der Waals surface area contributed by atoms with E-state index in [1.54, 1.807) is 0 Å². The van der Waals surface area contributed by atoms with Gasteiger partial charge in [0.25, 0.3) is 5.91 Å². The Balaban J connectivity index is 1.54. The molecule has 4 nitrogen and oxygen atoms in total. The Morgan fingerprint density at radius 3 is 2.16 bits per heavy atom. The van der Waals surface area contributed by atoms with E-state index in [2.05, 4.69) is 41.7 Å². The highest BCUT2D eigenvalue weighted by molar-refractivity contribution is 6.12. The van der Waals surface area contributed by atoms with Crippen molar-refractivity contribution in [1.29, 1.82) is 0 Å². The van der Waals surface area contributed by atoms with Crippen LogP contribution in [0, 0.1) is 0 Å². The quantitative estimate of drug-likeness (QED) is 0.399. The van der Waals surface area contributed by atoms with E-state index in [-0.39, 0.29) is 12.1 Å². The molecule has 0 aliphatic carbocycles. The smallest absolute Gasteiger partial charge is 0.262 e. The van der Waals surface area contributed by atoms with Crippen molar-refractivity contribution < 1.29 is 9.53 Å². The molecule has 1 aliphatic rings. The minimum atomic E-state index is -0.319. The van der Waals surface area contributed by atoms with Crippen molar-refractivity contribution in [3.63, 3.8) is 0 Å². The van der Waals surface area contributed by atoms with Gasteiger partial charge in [0.15, 0.2) is 0 Å². The first-order valence-corrected chi connectivity index (χ1v) is 10.8. The van der Waals surface area contributed by atoms with E-state index in [0.717, 1.165) is 28.3 Å². The molecule has 1 amide bonds. The first-order chi connectivity index (χ1) is 15.7. The van der Waals surface area contributed by atoms with E-state index < -0.39 is 0 Å². The second-order valence-electron chi connectivity index (χ2n) is 7.68. The van der Waals surface area contributed by atoms with Crippen LogP contribution in [0.4, 0.5) is 11.4 Å². The molecule has 0 spiro atoms. The molecular weight excluding hydrogens is 396 g/mol. The fourth-order valence-electron chi connectivity index (χ4n) is 4.11. The minimum Gasteiger partial charge on any atom is -0.494 e. The van der Waals surface area contributed by atoms with E-state index in [4.69, 9.17) is 4.74 Å². The number of para-hydroxylation sites is 1. The van der Waals surface area contributed by atoms with Crippen LogP contribution in [0.2, 0.25) is 0 Å². The molecule has 0 saturated carbocycles. The number of anilines is 2. The van der Waals surface area contributed by atoms with E-state index in [9.17, 15) is 4.79 Å². The van der Waals surface area contributed by atoms with Gasteiger partial charge in [-0.3, -0.25) is 9.69 Å². The molecule has 32 heavy (non-hydrogen) atoms. The lowest BCUT2D eigenvalue weighted by atomic mass is 9.99. The summed E-state index contributed by atoms with van der Waals surface area (Å²) in [5, 5.41) is 3.57. The van der Waals surface area contributed by atoms with Gasteiger partial charge in [0, 0.05) is 11.4 Å². The zero-order chi connectivity index (χ0) is 21.9. The molecule has 5 rings (SSSR count). The number of ether oxygens (including phenoxy) is 1. The molecule has 0 bridgehead atoms. The Morgan fingerprint density at radius 1 is 0.781 bits per heavy atom. The van der Waals surface area contributed by atoms with Crippen LogP contribution in [0.1, 0.15) is 29.0 Å². The number of nitrogens with zero attached hydrogens (tertiary/aromatic N) is 1. The molecule has 1 atom stereocenters. The lowest BCUT2D eigenvalue weighted by Crippen LogP contribution is -2.43. The molecule has 0 aromatic heterocycles. The summed E-state index contributed by atoms with van der Waals surface area (Å²) < 4.78 is 5.58. The van der Waals surface area contributed by atoms with E-state index >= 15 is 0 Å². The predicted octanol–water partition coefficient (Wildman–Crippen LogP) is 6.52. The third-order valence-corrected chi connectivity index (χ3v) is 5.69. The van der Waals surface area contributed by atoms with Gasteiger partial charge in [-0.05, 0) is 60.0 Å². The van der Waals surface area contributed by atoms with Crippen LogP contribution in [0.3, 0.4) is 0 Å². The van der Waals surface area contributed by atoms with Gasteiger partial charge in [0.1, 0.15) is 11.9 Å². The Kier molecular flexibility index (Phi) is 5.34. The van der Waals surface area contributed by atoms with Crippen LogP contribution in [-0.2, 0) is 0 Å². The Labute approximate surface area is 188 Å². The molecule has 1 heterocycles. The first kappa shape index (κ1) is 19.9. The number of carbonyl (C=O) groups is 1. The van der Waals surface area contributed by atoms with E-state index in [0.29, 0.717) is 12.2 Å². The molecule has 0 unspecified atom stereocenters. The Bertz CT molecular complexity index is 1220. The number of benzene rings is 4. The molecule has 0 radical (unpaired) electrons. The SMILES string of the molecule is CCOc1ccc(N2C(=O)c3ccccc3N[C@H]2c2ccc(-c3ccccc3)cc2)cc1. The summed E-state index contributed by atoms with van der Waals surface area (Å²) in [5.74, 6) is 0.762. The molecule has 158 valence electrons. The largest absolute Gasteiger partial charge is 0.494 e. The fraction of sp³-hybridized carbons (Fsp3) is 0.107. The van der Waals surface area contributed by atoms with Crippen molar-refractivity contribution in [3.05, 3.63) is 114 Å². The topological polar surface area (TPSA) is 41.6 Å². The molecule has 1 N–H and O–H groups in total. The number of nitrogens with one attached hydrogen (secondary N) is 1. The number of fused-ring (bicyclic) bond motifs is 1. The molecular formula is C28H24N2O2. The predicted molar refractivity (Wildman–Crippen MR) is 129 cm³/mol. The maximum atomic E-state index is 13.6. The number of carbonyl (C=O) groups excluding carboxylic acids is 1. The van der Waals surface area contributed by atoms with Gasteiger partial charge in [0.2, 0.25) is 0 Å². The lowest BCUT2D eigenvalue weighted by molar-refractivity contribution is 0.0975. The van der Waals surface area contributed by atoms with Gasteiger partial charge in [0.05, 0.1) is 12.2 Å². The van der Waals surface area contributed by atoms with Gasteiger partial charge < -0.3 is 10.1 Å². The van der Waals surface area contributed by atoms with Crippen molar-refractivity contribution >= 4 is 17.3 Å². The van der Waals surface area contributed by atoms with Crippen molar-refractivity contribution in [2.45, 2.75) is 13.1 Å². The van der Waals surface area contributed by atoms with Crippen LogP contribution >= 0.6 is 0 Å². The van der Waals surface area contributed by atoms with Gasteiger partial charge in [-0.2, -0.15) is 0 Å². The monoisotopic (exact) mass is 420 g/mol. The number of hydrogen-bond donors (Lipinski definition) is 1. The third-order valence-electron chi connectivity index (χ3n) is 5.69. The summed E-state index contributed by atoms with van der Waals surface area (Å²) in [4.78, 5) is 15.4. The molecule has 4 aromatic rings. The van der Waals surface area contributed by atoms with Crippen LogP contribution in [0.15, 0.2) is 103 Å². The zero-order valence-corrected chi connectivity index (χ0v) is 17.9. The zero-order valence-electron chi connectivity index (χ0n) is 17.9. The minimum absolute atomic E-state index is 0.0272. The number of rotatable bonds is 5. The molecule has 0 fully saturated rings. The maximum Gasteiger partial charge on any atom is 0.262 e. The second-order valence-corrected chi connectivity index (χ2v) is 7.68. The van der Waals surface area contributed by atoms with Crippen LogP contribution < -0.4 is 15.0 Å². The van der Waals surface area contributed by atoms with Crippen LogP contribution in [0.25, 0.3) is 11.1 Å². The van der Waals surface area contributed by atoms with Crippen molar-refractivity contribution in [2.24, 2.45) is 0 Å². The summed E-state index contributed by atoms with van der Waals surface area (Å²) in [5.41, 5.74) is 5.65. The molecule has 4 aromatic carbocycles. The average Bonchev–Trinajstić information content (AvgIpc) is 2.86. The van der Waals surface area contributed by atoms with E-state index in [1.165, 1.54) is 5.56 Å². The molecule has 1 aliphatic heterocycles. The van der Waals surface area contributed by atoms with Gasteiger partial charge >= 0.3 is 0 Å². The highest BCUT2D eigenvalue weighted by Crippen LogP contribution is 2.37. The van der Waals surface area contributed by atoms with Crippen LogP contribution in [0.5, 0.6) is 5.75 Å². The normalized spacial score (nSPS) is 15.1. The lowest BCUT2D eigenvalue weighted by Gasteiger charge is -2.38. The van der Waals surface area contributed by atoms with Gasteiger partial charge in [-0.25, -0.2) is 0 Å². The maximum absolute atomic E-state index is 13.6. The molecule has 4 heteroatoms. The number of amides is 1. The summed E-state index contributed by atoms with van der Waals surface area (Å²) in [7, 11) is 0. The van der Waals surface area contributed by atoms with Gasteiger partial charge in [-0.15, -0.1) is 0 Å². The fourth-order valence-corrected chi connectivity index (χ4v) is 4.11. The highest BCUT2D eigenvalue weighted by atomic mass is 16.5. The highest BCUT2D eigenvalue weighted by Gasteiger charge is 2.34. The average molecular weight is 421 g/mol. The Hall–Kier alpha value is -4.05. The third kappa shape index (κ3) is 3.71. The first-order valence-electron chi connectivity index (χ1n) is 10.8. The summed E-state index contributed by atoms with van der Waals surface area (Å²) in [6, 6.07) is 34.0. The Morgan fingerprint density at radius 2 is 1.44 bits per heavy atom. The van der Waals surface area contributed by atoms with Gasteiger partial charge in [-0.1, -0.05) is 66.7 Å². The van der Waals surface area contributed by atoms with E-state index in [1.807, 2.05) is 78.6 Å². The van der Waals surface area contributed by atoms with Crippen molar-refractivity contribution in [2.75, 3.05) is 16.8 Å². The van der Waals surface area contributed by atoms with Crippen molar-refractivity contribution in [1.82, 2.24) is 0 Å². The summed E-state index contributed by atoms with van der Waals surface area (Å²) in [6.07, 6.45) is -0.319. The number of hydrogen-bond acceptors (Lipinski definition) is 3.